The fraction of sp³-hybridized carbons (Fsp3) is 0.143. The number of nitrogens with one attached hydrogen (secondary N) is 1. The maximum Gasteiger partial charge on any atom is 0.516 e. The molecule has 0 spiro atoms. The van der Waals surface area contributed by atoms with E-state index in [1.165, 1.54) is 30.0 Å². The maximum absolute atomic E-state index is 13.6. The molecular formula is C21H16F5NO4S. The van der Waals surface area contributed by atoms with Crippen LogP contribution in [0, 0.1) is 11.6 Å². The van der Waals surface area contributed by atoms with Crippen molar-refractivity contribution in [1.82, 2.24) is 0 Å². The predicted molar refractivity (Wildman–Crippen MR) is 108 cm³/mol. The number of alkyl halides is 3. The van der Waals surface area contributed by atoms with Crippen LogP contribution in [0.2, 0.25) is 0 Å². The summed E-state index contributed by atoms with van der Waals surface area (Å²) in [6.45, 7) is -0.0601. The van der Waals surface area contributed by atoms with Crippen LogP contribution in [0.15, 0.2) is 60.7 Å². The molecule has 3 rings (SSSR count). The molecule has 5 nitrogen and oxygen atoms in total. The number of methoxy groups -OCH3 is 1. The predicted octanol–water partition coefficient (Wildman–Crippen LogP) is 5.48. The van der Waals surface area contributed by atoms with Crippen LogP contribution in [0.3, 0.4) is 0 Å². The fourth-order valence-corrected chi connectivity index (χ4v) is 3.31. The number of benzene rings is 3. The molecule has 0 amide bonds. The minimum absolute atomic E-state index is 0.0601. The standard InChI is InChI=1S/C21H16F5NO4S/c1-30-20-11-19(23)18(22)10-17(20)14-5-7-16(8-6-14)31-12-13-3-2-4-15(9-13)27-32(28,29)21(24,25)26/h2-11,27H,12H2,1H3. The SMILES string of the molecule is COc1cc(F)c(F)cc1-c1ccc(OCc2cccc(NS(=O)(=O)C(F)(F)F)c2)cc1. The third-order valence-electron chi connectivity index (χ3n) is 4.30. The van der Waals surface area contributed by atoms with E-state index in [4.69, 9.17) is 9.47 Å². The van der Waals surface area contributed by atoms with Crippen LogP contribution in [-0.2, 0) is 16.6 Å². The molecule has 0 atom stereocenters. The Morgan fingerprint density at radius 1 is 0.938 bits per heavy atom. The van der Waals surface area contributed by atoms with Crippen molar-refractivity contribution in [2.75, 3.05) is 11.8 Å². The van der Waals surface area contributed by atoms with Gasteiger partial charge in [-0.25, -0.2) is 8.78 Å². The Morgan fingerprint density at radius 2 is 1.59 bits per heavy atom. The Kier molecular flexibility index (Phi) is 6.58. The highest BCUT2D eigenvalue weighted by Crippen LogP contribution is 2.33. The zero-order valence-corrected chi connectivity index (χ0v) is 17.2. The number of anilines is 1. The number of rotatable bonds is 7. The average molecular weight is 473 g/mol. The molecule has 0 aliphatic rings. The summed E-state index contributed by atoms with van der Waals surface area (Å²) in [6, 6.07) is 13.6. The van der Waals surface area contributed by atoms with Crippen molar-refractivity contribution in [3.63, 3.8) is 0 Å². The quantitative estimate of drug-likeness (QED) is 0.462. The molecule has 170 valence electrons. The second-order valence-corrected chi connectivity index (χ2v) is 8.21. The number of sulfonamides is 1. The number of halogens is 5. The van der Waals surface area contributed by atoms with Crippen LogP contribution < -0.4 is 14.2 Å². The van der Waals surface area contributed by atoms with Crippen molar-refractivity contribution in [3.05, 3.63) is 77.9 Å². The lowest BCUT2D eigenvalue weighted by Crippen LogP contribution is -2.29. The Labute approximate surface area is 180 Å². The number of hydrogen-bond donors (Lipinski definition) is 1. The summed E-state index contributed by atoms with van der Waals surface area (Å²) < 4.78 is 99.1. The van der Waals surface area contributed by atoms with Gasteiger partial charge in [0.2, 0.25) is 0 Å². The highest BCUT2D eigenvalue weighted by Gasteiger charge is 2.46. The van der Waals surface area contributed by atoms with Crippen LogP contribution >= 0.6 is 0 Å². The molecule has 0 unspecified atom stereocenters. The summed E-state index contributed by atoms with van der Waals surface area (Å²) in [6.07, 6.45) is 0. The first-order valence-corrected chi connectivity index (χ1v) is 10.4. The lowest BCUT2D eigenvalue weighted by Gasteiger charge is -2.12. The minimum atomic E-state index is -5.53. The first-order chi connectivity index (χ1) is 15.0. The maximum atomic E-state index is 13.6. The second kappa shape index (κ2) is 9.03. The Balaban J connectivity index is 1.71. The molecule has 3 aromatic carbocycles. The molecule has 0 fully saturated rings. The fourth-order valence-electron chi connectivity index (χ4n) is 2.76. The van der Waals surface area contributed by atoms with Crippen LogP contribution in [0.25, 0.3) is 11.1 Å². The normalized spacial score (nSPS) is 11.8. The average Bonchev–Trinajstić information content (AvgIpc) is 2.73. The van der Waals surface area contributed by atoms with E-state index in [2.05, 4.69) is 0 Å². The van der Waals surface area contributed by atoms with E-state index in [0.29, 0.717) is 22.4 Å². The summed E-state index contributed by atoms with van der Waals surface area (Å²) in [5.74, 6) is -1.53. The molecule has 0 saturated carbocycles. The van der Waals surface area contributed by atoms with Gasteiger partial charge in [0.1, 0.15) is 18.1 Å². The van der Waals surface area contributed by atoms with E-state index in [9.17, 15) is 30.4 Å². The lowest BCUT2D eigenvalue weighted by atomic mass is 10.0. The summed E-state index contributed by atoms with van der Waals surface area (Å²) in [4.78, 5) is 0. The monoisotopic (exact) mass is 473 g/mol. The molecule has 0 aliphatic carbocycles. The molecule has 3 aromatic rings. The smallest absolute Gasteiger partial charge is 0.496 e. The molecule has 0 aliphatic heterocycles. The third-order valence-corrected chi connectivity index (χ3v) is 5.41. The van der Waals surface area contributed by atoms with E-state index in [1.54, 1.807) is 30.3 Å². The Bertz CT molecular complexity index is 1210. The van der Waals surface area contributed by atoms with Gasteiger partial charge in [-0.2, -0.15) is 21.6 Å². The van der Waals surface area contributed by atoms with Gasteiger partial charge in [-0.1, -0.05) is 24.3 Å². The molecule has 0 aromatic heterocycles. The Morgan fingerprint density at radius 3 is 2.22 bits per heavy atom. The largest absolute Gasteiger partial charge is 0.516 e. The van der Waals surface area contributed by atoms with Gasteiger partial charge in [0.25, 0.3) is 0 Å². The molecule has 11 heteroatoms. The van der Waals surface area contributed by atoms with Gasteiger partial charge in [0.05, 0.1) is 7.11 Å². The molecular weight excluding hydrogens is 457 g/mol. The zero-order valence-electron chi connectivity index (χ0n) is 16.4. The van der Waals surface area contributed by atoms with Crippen molar-refractivity contribution in [2.24, 2.45) is 0 Å². The van der Waals surface area contributed by atoms with Crippen molar-refractivity contribution in [2.45, 2.75) is 12.1 Å². The summed E-state index contributed by atoms with van der Waals surface area (Å²) in [5, 5.41) is 0. The van der Waals surface area contributed by atoms with Crippen LogP contribution in [-0.4, -0.2) is 21.0 Å². The van der Waals surface area contributed by atoms with E-state index in [0.717, 1.165) is 12.1 Å². The molecule has 32 heavy (non-hydrogen) atoms. The zero-order chi connectivity index (χ0) is 23.5. The van der Waals surface area contributed by atoms with E-state index < -0.39 is 27.2 Å². The lowest BCUT2D eigenvalue weighted by molar-refractivity contribution is -0.0429. The van der Waals surface area contributed by atoms with Gasteiger partial charge in [-0.05, 0) is 41.5 Å². The van der Waals surface area contributed by atoms with Crippen molar-refractivity contribution in [3.8, 4) is 22.6 Å². The van der Waals surface area contributed by atoms with Crippen LogP contribution in [0.1, 0.15) is 5.56 Å². The van der Waals surface area contributed by atoms with Crippen LogP contribution in [0.5, 0.6) is 11.5 Å². The highest BCUT2D eigenvalue weighted by molar-refractivity contribution is 7.93. The van der Waals surface area contributed by atoms with Gasteiger partial charge in [-0.15, -0.1) is 0 Å². The molecule has 0 bridgehead atoms. The Hall–Kier alpha value is -3.34. The van der Waals surface area contributed by atoms with Crippen LogP contribution in [0.4, 0.5) is 27.6 Å². The van der Waals surface area contributed by atoms with E-state index in [-0.39, 0.29) is 18.0 Å². The van der Waals surface area contributed by atoms with Crippen molar-refractivity contribution in [1.29, 1.82) is 0 Å². The summed E-state index contributed by atoms with van der Waals surface area (Å²) in [5.41, 5.74) is -4.40. The minimum Gasteiger partial charge on any atom is -0.496 e. The van der Waals surface area contributed by atoms with Gasteiger partial charge in [-0.3, -0.25) is 4.72 Å². The first-order valence-electron chi connectivity index (χ1n) is 8.94. The molecule has 0 heterocycles. The summed E-state index contributed by atoms with van der Waals surface area (Å²) >= 11 is 0. The molecule has 1 N–H and O–H groups in total. The van der Waals surface area contributed by atoms with Gasteiger partial charge >= 0.3 is 15.5 Å². The molecule has 0 saturated heterocycles. The van der Waals surface area contributed by atoms with Gasteiger partial charge in [0, 0.05) is 17.3 Å². The van der Waals surface area contributed by atoms with E-state index in [1.807, 2.05) is 0 Å². The molecule has 0 radical (unpaired) electrons. The number of hydrogen-bond acceptors (Lipinski definition) is 4. The van der Waals surface area contributed by atoms with Gasteiger partial charge in [0.15, 0.2) is 11.6 Å². The second-order valence-electron chi connectivity index (χ2n) is 6.53. The van der Waals surface area contributed by atoms with Gasteiger partial charge < -0.3 is 9.47 Å². The number of ether oxygens (including phenoxy) is 2. The highest BCUT2D eigenvalue weighted by atomic mass is 32.2. The summed E-state index contributed by atoms with van der Waals surface area (Å²) in [7, 11) is -4.20. The van der Waals surface area contributed by atoms with Crippen molar-refractivity contribution >= 4 is 15.7 Å². The topological polar surface area (TPSA) is 64.6 Å². The van der Waals surface area contributed by atoms with E-state index >= 15 is 0 Å². The van der Waals surface area contributed by atoms with Crippen molar-refractivity contribution < 1.29 is 39.8 Å². The third kappa shape index (κ3) is 5.28. The first kappa shape index (κ1) is 23.3.